The van der Waals surface area contributed by atoms with Gasteiger partial charge in [-0.3, -0.25) is 0 Å². The van der Waals surface area contributed by atoms with E-state index < -0.39 is 0 Å². The molecule has 1 aromatic heterocycles. The molecule has 0 N–H and O–H groups in total. The zero-order valence-corrected chi connectivity index (χ0v) is 8.03. The van der Waals surface area contributed by atoms with E-state index >= 15 is 0 Å². The number of hydrogen-bond acceptors (Lipinski definition) is 2. The maximum atomic E-state index is 13.4. The molecule has 0 saturated carbocycles. The monoisotopic (exact) mass is 191 g/mol. The van der Waals surface area contributed by atoms with Crippen molar-refractivity contribution in [2.45, 2.75) is 6.92 Å². The topological polar surface area (TPSA) is 30.7 Å². The van der Waals surface area contributed by atoms with Crippen LogP contribution in [-0.2, 0) is 7.05 Å². The summed E-state index contributed by atoms with van der Waals surface area (Å²) in [6.45, 7) is 1.92. The Morgan fingerprint density at radius 3 is 2.79 bits per heavy atom. The van der Waals surface area contributed by atoms with Crippen molar-refractivity contribution in [3.05, 3.63) is 35.9 Å². The van der Waals surface area contributed by atoms with Gasteiger partial charge in [-0.25, -0.2) is 4.39 Å². The number of nitrogens with zero attached hydrogens (tertiary/aromatic N) is 3. The highest BCUT2D eigenvalue weighted by molar-refractivity contribution is 5.56. The van der Waals surface area contributed by atoms with Crippen LogP contribution in [0.25, 0.3) is 11.4 Å². The van der Waals surface area contributed by atoms with Gasteiger partial charge in [0.15, 0.2) is 5.82 Å². The summed E-state index contributed by atoms with van der Waals surface area (Å²) in [6.07, 6.45) is 1.55. The van der Waals surface area contributed by atoms with Crippen LogP contribution in [0.1, 0.15) is 5.56 Å². The van der Waals surface area contributed by atoms with E-state index in [1.54, 1.807) is 30.1 Å². The standard InChI is InChI=1S/C10H10FN3/c1-7-3-4-9(11)8(5-7)10-13-12-6-14(10)2/h3-6H,1-2H3. The van der Waals surface area contributed by atoms with Crippen molar-refractivity contribution in [1.29, 1.82) is 0 Å². The number of aryl methyl sites for hydroxylation is 2. The molecule has 0 radical (unpaired) electrons. The average Bonchev–Trinajstić information content (AvgIpc) is 2.56. The molecule has 14 heavy (non-hydrogen) atoms. The Bertz CT molecular complexity index is 462. The minimum atomic E-state index is -0.272. The average molecular weight is 191 g/mol. The number of benzene rings is 1. The molecule has 3 nitrogen and oxygen atoms in total. The Hall–Kier alpha value is -1.71. The van der Waals surface area contributed by atoms with Crippen LogP contribution in [0, 0.1) is 12.7 Å². The third kappa shape index (κ3) is 1.39. The molecule has 72 valence electrons. The molecule has 1 aromatic carbocycles. The Kier molecular flexibility index (Phi) is 2.04. The predicted molar refractivity (Wildman–Crippen MR) is 51.1 cm³/mol. The van der Waals surface area contributed by atoms with Gasteiger partial charge in [0.05, 0.1) is 5.56 Å². The number of hydrogen-bond donors (Lipinski definition) is 0. The van der Waals surface area contributed by atoms with Crippen LogP contribution >= 0.6 is 0 Å². The molecule has 0 spiro atoms. The van der Waals surface area contributed by atoms with E-state index in [0.29, 0.717) is 11.4 Å². The van der Waals surface area contributed by atoms with Crippen molar-refractivity contribution in [2.75, 3.05) is 0 Å². The van der Waals surface area contributed by atoms with Gasteiger partial charge in [0, 0.05) is 7.05 Å². The van der Waals surface area contributed by atoms with Crippen LogP contribution in [0.5, 0.6) is 0 Å². The summed E-state index contributed by atoms with van der Waals surface area (Å²) in [5.74, 6) is 0.276. The largest absolute Gasteiger partial charge is 0.317 e. The molecule has 0 saturated heterocycles. The molecular weight excluding hydrogens is 181 g/mol. The predicted octanol–water partition coefficient (Wildman–Crippen LogP) is 1.93. The first-order valence-electron chi connectivity index (χ1n) is 4.29. The molecule has 2 aromatic rings. The van der Waals surface area contributed by atoms with Gasteiger partial charge in [-0.1, -0.05) is 11.6 Å². The van der Waals surface area contributed by atoms with Crippen molar-refractivity contribution in [2.24, 2.45) is 7.05 Å². The molecule has 0 fully saturated rings. The second-order valence-corrected chi connectivity index (χ2v) is 3.25. The van der Waals surface area contributed by atoms with E-state index in [0.717, 1.165) is 5.56 Å². The summed E-state index contributed by atoms with van der Waals surface area (Å²) in [5, 5.41) is 7.58. The molecule has 0 amide bonds. The molecule has 0 unspecified atom stereocenters. The van der Waals surface area contributed by atoms with Gasteiger partial charge in [0.25, 0.3) is 0 Å². The first-order valence-corrected chi connectivity index (χ1v) is 4.29. The quantitative estimate of drug-likeness (QED) is 0.689. The third-order valence-corrected chi connectivity index (χ3v) is 2.07. The highest BCUT2D eigenvalue weighted by Crippen LogP contribution is 2.20. The molecule has 2 rings (SSSR count). The zero-order chi connectivity index (χ0) is 10.1. The first-order chi connectivity index (χ1) is 6.68. The van der Waals surface area contributed by atoms with Crippen molar-refractivity contribution in [3.8, 4) is 11.4 Å². The molecule has 0 atom stereocenters. The maximum absolute atomic E-state index is 13.4. The second kappa shape index (κ2) is 3.21. The normalized spacial score (nSPS) is 10.5. The van der Waals surface area contributed by atoms with Crippen LogP contribution in [-0.4, -0.2) is 14.8 Å². The smallest absolute Gasteiger partial charge is 0.166 e. The van der Waals surface area contributed by atoms with E-state index in [2.05, 4.69) is 10.2 Å². The molecule has 0 bridgehead atoms. The van der Waals surface area contributed by atoms with Crippen LogP contribution in [0.3, 0.4) is 0 Å². The van der Waals surface area contributed by atoms with Crippen LogP contribution < -0.4 is 0 Å². The lowest BCUT2D eigenvalue weighted by molar-refractivity contribution is 0.628. The lowest BCUT2D eigenvalue weighted by Crippen LogP contribution is -1.94. The third-order valence-electron chi connectivity index (χ3n) is 2.07. The van der Waals surface area contributed by atoms with E-state index in [9.17, 15) is 4.39 Å². The van der Waals surface area contributed by atoms with Gasteiger partial charge >= 0.3 is 0 Å². The number of halogens is 1. The fraction of sp³-hybridized carbons (Fsp3) is 0.200. The van der Waals surface area contributed by atoms with Crippen LogP contribution in [0.2, 0.25) is 0 Å². The van der Waals surface area contributed by atoms with Gasteiger partial charge in [-0.05, 0) is 19.1 Å². The van der Waals surface area contributed by atoms with Gasteiger partial charge in [-0.15, -0.1) is 10.2 Å². The minimum absolute atomic E-state index is 0.272. The summed E-state index contributed by atoms with van der Waals surface area (Å²) in [5.41, 5.74) is 1.49. The van der Waals surface area contributed by atoms with Crippen molar-refractivity contribution in [3.63, 3.8) is 0 Å². The molecule has 0 aliphatic carbocycles. The highest BCUT2D eigenvalue weighted by Gasteiger charge is 2.09. The van der Waals surface area contributed by atoms with E-state index in [-0.39, 0.29) is 5.82 Å². The molecular formula is C10H10FN3. The fourth-order valence-corrected chi connectivity index (χ4v) is 1.34. The van der Waals surface area contributed by atoms with Crippen LogP contribution in [0.4, 0.5) is 4.39 Å². The maximum Gasteiger partial charge on any atom is 0.166 e. The SMILES string of the molecule is Cc1ccc(F)c(-c2nncn2C)c1. The van der Waals surface area contributed by atoms with Gasteiger partial charge < -0.3 is 4.57 Å². The van der Waals surface area contributed by atoms with Crippen molar-refractivity contribution < 1.29 is 4.39 Å². The minimum Gasteiger partial charge on any atom is -0.317 e. The first kappa shape index (κ1) is 8.87. The highest BCUT2D eigenvalue weighted by atomic mass is 19.1. The number of rotatable bonds is 1. The summed E-state index contributed by atoms with van der Waals surface area (Å²) in [7, 11) is 1.79. The Morgan fingerprint density at radius 1 is 1.36 bits per heavy atom. The van der Waals surface area contributed by atoms with Gasteiger partial charge in [0.1, 0.15) is 12.1 Å². The van der Waals surface area contributed by atoms with E-state index in [4.69, 9.17) is 0 Å². The second-order valence-electron chi connectivity index (χ2n) is 3.25. The fourth-order valence-electron chi connectivity index (χ4n) is 1.34. The Balaban J connectivity index is 2.62. The Morgan fingerprint density at radius 2 is 2.14 bits per heavy atom. The summed E-state index contributed by atoms with van der Waals surface area (Å²) in [6, 6.07) is 4.94. The van der Waals surface area contributed by atoms with Crippen molar-refractivity contribution >= 4 is 0 Å². The zero-order valence-electron chi connectivity index (χ0n) is 8.03. The summed E-state index contributed by atoms with van der Waals surface area (Å²) >= 11 is 0. The lowest BCUT2D eigenvalue weighted by Gasteiger charge is -2.02. The lowest BCUT2D eigenvalue weighted by atomic mass is 10.1. The molecule has 1 heterocycles. The summed E-state index contributed by atoms with van der Waals surface area (Å²) in [4.78, 5) is 0. The van der Waals surface area contributed by atoms with Gasteiger partial charge in [0.2, 0.25) is 0 Å². The van der Waals surface area contributed by atoms with Gasteiger partial charge in [-0.2, -0.15) is 0 Å². The Labute approximate surface area is 81.2 Å². The van der Waals surface area contributed by atoms with E-state index in [1.807, 2.05) is 6.92 Å². The molecule has 4 heteroatoms. The van der Waals surface area contributed by atoms with Crippen molar-refractivity contribution in [1.82, 2.24) is 14.8 Å². The number of aromatic nitrogens is 3. The summed E-state index contributed by atoms with van der Waals surface area (Å²) < 4.78 is 15.1. The molecule has 0 aliphatic rings. The van der Waals surface area contributed by atoms with E-state index in [1.165, 1.54) is 6.07 Å². The molecule has 0 aliphatic heterocycles. The van der Waals surface area contributed by atoms with Crippen LogP contribution in [0.15, 0.2) is 24.5 Å².